The van der Waals surface area contributed by atoms with E-state index in [1.807, 2.05) is 31.2 Å². The Morgan fingerprint density at radius 3 is 2.67 bits per heavy atom. The number of hydrogen-bond acceptors (Lipinski definition) is 4. The van der Waals surface area contributed by atoms with Gasteiger partial charge in [-0.15, -0.1) is 11.8 Å². The fourth-order valence-electron chi connectivity index (χ4n) is 3.09. The highest BCUT2D eigenvalue weighted by atomic mass is 32.2. The van der Waals surface area contributed by atoms with Crippen LogP contribution in [0.15, 0.2) is 29.1 Å². The summed E-state index contributed by atoms with van der Waals surface area (Å²) in [6.45, 7) is 6.91. The van der Waals surface area contributed by atoms with Crippen LogP contribution in [0.5, 0.6) is 5.75 Å². The van der Waals surface area contributed by atoms with E-state index < -0.39 is 0 Å². The summed E-state index contributed by atoms with van der Waals surface area (Å²) in [5.74, 6) is 1.65. The minimum Gasteiger partial charge on any atom is -0.494 e. The molecule has 2 N–H and O–H groups in total. The summed E-state index contributed by atoms with van der Waals surface area (Å²) in [6.07, 6.45) is 2.97. The second-order valence-corrected chi connectivity index (χ2v) is 7.93. The number of amides is 1. The Labute approximate surface area is 163 Å². The Bertz CT molecular complexity index is 841. The highest BCUT2D eigenvalue weighted by molar-refractivity contribution is 8.00. The Kier molecular flexibility index (Phi) is 6.31. The first kappa shape index (κ1) is 19.6. The third-order valence-electron chi connectivity index (χ3n) is 4.84. The van der Waals surface area contributed by atoms with Gasteiger partial charge in [0.2, 0.25) is 5.91 Å². The molecule has 0 bridgehead atoms. The number of nitrogens with zero attached hydrogens (tertiary/aromatic N) is 1. The summed E-state index contributed by atoms with van der Waals surface area (Å²) in [6, 6.07) is 7.94. The van der Waals surface area contributed by atoms with Crippen molar-refractivity contribution in [2.24, 2.45) is 0 Å². The third kappa shape index (κ3) is 4.24. The molecule has 0 unspecified atom stereocenters. The summed E-state index contributed by atoms with van der Waals surface area (Å²) in [7, 11) is 0. The molecule has 0 fully saturated rings. The molecule has 2 aromatic rings. The van der Waals surface area contributed by atoms with Gasteiger partial charge in [-0.25, -0.2) is 0 Å². The topological polar surface area (TPSA) is 76.1 Å². The number of carbonyl (C=O) groups is 1. The molecule has 2 heterocycles. The van der Waals surface area contributed by atoms with Crippen molar-refractivity contribution in [1.82, 2.24) is 9.78 Å². The first-order chi connectivity index (χ1) is 13.0. The van der Waals surface area contributed by atoms with Crippen molar-refractivity contribution >= 4 is 23.5 Å². The number of benzene rings is 1. The largest absolute Gasteiger partial charge is 0.494 e. The van der Waals surface area contributed by atoms with E-state index >= 15 is 0 Å². The van der Waals surface area contributed by atoms with Crippen molar-refractivity contribution in [3.05, 3.63) is 45.7 Å². The number of hydrogen-bond donors (Lipinski definition) is 2. The highest BCUT2D eigenvalue weighted by Gasteiger charge is 2.31. The molecule has 7 heteroatoms. The second kappa shape index (κ2) is 8.69. The average molecular weight is 390 g/mol. The number of nitrogens with one attached hydrogen (secondary N) is 2. The molecule has 0 saturated heterocycles. The molecule has 1 amide bonds. The van der Waals surface area contributed by atoms with Crippen molar-refractivity contribution in [2.45, 2.75) is 51.3 Å². The molecule has 1 aromatic heterocycles. The van der Waals surface area contributed by atoms with Gasteiger partial charge in [-0.1, -0.05) is 32.4 Å². The number of aromatic amines is 1. The van der Waals surface area contributed by atoms with Gasteiger partial charge < -0.3 is 10.1 Å². The maximum Gasteiger partial charge on any atom is 0.270 e. The first-order valence-electron chi connectivity index (χ1n) is 9.53. The number of rotatable bonds is 7. The van der Waals surface area contributed by atoms with Gasteiger partial charge in [0, 0.05) is 6.04 Å². The standard InChI is InChI=1S/C20H27N3O3S/c1-4-6-11-26-15-9-7-14(8-10-15)18-17-19(21-16(24)12-27-18)23(13(3)5-2)22-20(17)25/h7-10,13,18H,4-6,11-12H2,1-3H3,(H,21,24)(H,22,25)/t13-,18+/m0/s1. The van der Waals surface area contributed by atoms with Crippen LogP contribution in [0.4, 0.5) is 5.82 Å². The van der Waals surface area contributed by atoms with Crippen LogP contribution in [0, 0.1) is 0 Å². The van der Waals surface area contributed by atoms with Gasteiger partial charge in [-0.2, -0.15) is 0 Å². The number of aromatic nitrogens is 2. The fraction of sp³-hybridized carbons (Fsp3) is 0.500. The van der Waals surface area contributed by atoms with Crippen LogP contribution < -0.4 is 15.6 Å². The van der Waals surface area contributed by atoms with Gasteiger partial charge in [-0.05, 0) is 37.5 Å². The highest BCUT2D eigenvalue weighted by Crippen LogP contribution is 2.40. The molecule has 0 aliphatic carbocycles. The van der Waals surface area contributed by atoms with Crippen LogP contribution in [0.1, 0.15) is 62.5 Å². The smallest absolute Gasteiger partial charge is 0.270 e. The number of carbonyl (C=O) groups excluding carboxylic acids is 1. The molecule has 1 aliphatic rings. The van der Waals surface area contributed by atoms with Gasteiger partial charge in [0.05, 0.1) is 23.2 Å². The Balaban J connectivity index is 1.94. The first-order valence-corrected chi connectivity index (χ1v) is 10.6. The summed E-state index contributed by atoms with van der Waals surface area (Å²) >= 11 is 1.48. The van der Waals surface area contributed by atoms with Gasteiger partial charge in [0.25, 0.3) is 5.56 Å². The molecular weight excluding hydrogens is 362 g/mol. The molecular formula is C20H27N3O3S. The Hall–Kier alpha value is -2.15. The summed E-state index contributed by atoms with van der Waals surface area (Å²) in [5.41, 5.74) is 1.46. The van der Waals surface area contributed by atoms with E-state index in [1.165, 1.54) is 11.8 Å². The van der Waals surface area contributed by atoms with Crippen LogP contribution >= 0.6 is 11.8 Å². The maximum atomic E-state index is 12.7. The Morgan fingerprint density at radius 1 is 1.26 bits per heavy atom. The lowest BCUT2D eigenvalue weighted by molar-refractivity contribution is -0.113. The van der Waals surface area contributed by atoms with E-state index in [0.29, 0.717) is 23.7 Å². The molecule has 0 spiro atoms. The van der Waals surface area contributed by atoms with Gasteiger partial charge >= 0.3 is 0 Å². The molecule has 1 aromatic carbocycles. The summed E-state index contributed by atoms with van der Waals surface area (Å²) in [4.78, 5) is 24.9. The molecule has 146 valence electrons. The van der Waals surface area contributed by atoms with E-state index in [9.17, 15) is 9.59 Å². The number of ether oxygens (including phenoxy) is 1. The number of unbranched alkanes of at least 4 members (excludes halogenated alkanes) is 1. The normalized spacial score (nSPS) is 17.7. The quantitative estimate of drug-likeness (QED) is 0.699. The zero-order valence-electron chi connectivity index (χ0n) is 16.1. The van der Waals surface area contributed by atoms with Crippen LogP contribution in [-0.2, 0) is 4.79 Å². The van der Waals surface area contributed by atoms with Gasteiger partial charge in [-0.3, -0.25) is 19.4 Å². The van der Waals surface area contributed by atoms with Crippen LogP contribution in [0.3, 0.4) is 0 Å². The molecule has 0 saturated carbocycles. The molecule has 3 rings (SSSR count). The molecule has 1 aliphatic heterocycles. The van der Waals surface area contributed by atoms with Crippen LogP contribution in [-0.4, -0.2) is 28.0 Å². The number of thioether (sulfide) groups is 1. The number of fused-ring (bicyclic) bond motifs is 1. The summed E-state index contributed by atoms with van der Waals surface area (Å²) in [5, 5.41) is 5.63. The Morgan fingerprint density at radius 2 is 2.00 bits per heavy atom. The molecule has 2 atom stereocenters. The predicted octanol–water partition coefficient (Wildman–Crippen LogP) is 4.10. The van der Waals surface area contributed by atoms with Gasteiger partial charge in [0.15, 0.2) is 0 Å². The lowest BCUT2D eigenvalue weighted by Crippen LogP contribution is -2.18. The maximum absolute atomic E-state index is 12.7. The minimum absolute atomic E-state index is 0.0840. The van der Waals surface area contributed by atoms with Crippen molar-refractivity contribution in [1.29, 1.82) is 0 Å². The molecule has 27 heavy (non-hydrogen) atoms. The van der Waals surface area contributed by atoms with Crippen molar-refractivity contribution in [3.63, 3.8) is 0 Å². The molecule has 6 nitrogen and oxygen atoms in total. The van der Waals surface area contributed by atoms with E-state index in [0.717, 1.165) is 30.6 Å². The number of anilines is 1. The lowest BCUT2D eigenvalue weighted by Gasteiger charge is -2.16. The average Bonchev–Trinajstić information content (AvgIpc) is 2.88. The van der Waals surface area contributed by atoms with Crippen LogP contribution in [0.25, 0.3) is 0 Å². The SMILES string of the molecule is CCCCOc1ccc([C@H]2SCC(=O)Nc3c2c(=O)[nH]n3[C@@H](C)CC)cc1. The van der Waals surface area contributed by atoms with E-state index in [-0.39, 0.29) is 22.8 Å². The van der Waals surface area contributed by atoms with Crippen molar-refractivity contribution < 1.29 is 9.53 Å². The lowest BCUT2D eigenvalue weighted by atomic mass is 10.1. The third-order valence-corrected chi connectivity index (χ3v) is 6.11. The van der Waals surface area contributed by atoms with E-state index in [2.05, 4.69) is 24.3 Å². The second-order valence-electron chi connectivity index (χ2n) is 6.84. The fourth-order valence-corrected chi connectivity index (χ4v) is 4.22. The zero-order valence-corrected chi connectivity index (χ0v) is 16.9. The van der Waals surface area contributed by atoms with E-state index in [4.69, 9.17) is 4.74 Å². The molecule has 0 radical (unpaired) electrons. The monoisotopic (exact) mass is 389 g/mol. The van der Waals surface area contributed by atoms with E-state index in [1.54, 1.807) is 4.68 Å². The number of H-pyrrole nitrogens is 1. The predicted molar refractivity (Wildman–Crippen MR) is 110 cm³/mol. The van der Waals surface area contributed by atoms with Crippen LogP contribution in [0.2, 0.25) is 0 Å². The summed E-state index contributed by atoms with van der Waals surface area (Å²) < 4.78 is 7.52. The minimum atomic E-state index is -0.197. The van der Waals surface area contributed by atoms with Gasteiger partial charge in [0.1, 0.15) is 11.6 Å². The zero-order chi connectivity index (χ0) is 19.4. The van der Waals surface area contributed by atoms with Crippen molar-refractivity contribution in [2.75, 3.05) is 17.7 Å². The van der Waals surface area contributed by atoms with Crippen molar-refractivity contribution in [3.8, 4) is 5.75 Å².